The molecule has 0 bridgehead atoms. The van der Waals surface area contributed by atoms with Gasteiger partial charge in [0.1, 0.15) is 0 Å². The molecule has 0 rings (SSSR count). The van der Waals surface area contributed by atoms with E-state index in [9.17, 15) is 0 Å². The molecule has 0 fully saturated rings. The first-order chi connectivity index (χ1) is 9.59. The van der Waals surface area contributed by atoms with E-state index in [1.165, 1.54) is 77.0 Å². The monoisotopic (exact) mass is 282 g/mol. The maximum Gasteiger partial charge on any atom is -0.0368 e. The Kier molecular flexibility index (Phi) is 14.0. The van der Waals surface area contributed by atoms with E-state index in [-0.39, 0.29) is 0 Å². The molecule has 0 N–H and O–H groups in total. The maximum atomic E-state index is 2.39. The number of rotatable bonds is 14. The summed E-state index contributed by atoms with van der Waals surface area (Å²) in [7, 11) is 0. The molecule has 0 saturated carbocycles. The Morgan fingerprint density at radius 2 is 0.850 bits per heavy atom. The van der Waals surface area contributed by atoms with E-state index in [0.29, 0.717) is 0 Å². The second-order valence-electron chi connectivity index (χ2n) is 7.48. The van der Waals surface area contributed by atoms with Gasteiger partial charge in [-0.1, -0.05) is 105 Å². The van der Waals surface area contributed by atoms with E-state index in [0.717, 1.165) is 17.8 Å². The summed E-state index contributed by atoms with van der Waals surface area (Å²) in [4.78, 5) is 0. The molecule has 20 heavy (non-hydrogen) atoms. The van der Waals surface area contributed by atoms with Crippen LogP contribution in [0.2, 0.25) is 0 Å². The Labute approximate surface area is 130 Å². The summed E-state index contributed by atoms with van der Waals surface area (Å²) in [6.45, 7) is 11.9. The van der Waals surface area contributed by atoms with Gasteiger partial charge in [-0.05, 0) is 24.2 Å². The molecule has 0 unspecified atom stereocenters. The normalized spacial score (nSPS) is 12.0. The molecule has 0 amide bonds. The zero-order valence-electron chi connectivity index (χ0n) is 15.2. The average Bonchev–Trinajstić information content (AvgIpc) is 2.39. The minimum atomic E-state index is 0.859. The van der Waals surface area contributed by atoms with E-state index in [1.807, 2.05) is 0 Å². The Bertz CT molecular complexity index is 172. The van der Waals surface area contributed by atoms with Crippen molar-refractivity contribution < 1.29 is 0 Å². The molecule has 0 heterocycles. The van der Waals surface area contributed by atoms with Crippen LogP contribution in [0.3, 0.4) is 0 Å². The third-order valence-electron chi connectivity index (χ3n) is 4.85. The first-order valence-corrected chi connectivity index (χ1v) is 9.59. The first kappa shape index (κ1) is 20.0. The van der Waals surface area contributed by atoms with Crippen LogP contribution >= 0.6 is 0 Å². The quantitative estimate of drug-likeness (QED) is 0.287. The van der Waals surface area contributed by atoms with Crippen LogP contribution in [0.15, 0.2) is 0 Å². The Balaban J connectivity index is 3.27. The van der Waals surface area contributed by atoms with Gasteiger partial charge in [0, 0.05) is 0 Å². The van der Waals surface area contributed by atoms with E-state index >= 15 is 0 Å². The topological polar surface area (TPSA) is 0 Å². The van der Waals surface area contributed by atoms with E-state index < -0.39 is 0 Å². The third-order valence-corrected chi connectivity index (χ3v) is 4.85. The molecule has 0 aliphatic rings. The Hall–Kier alpha value is 0. The molecule has 0 aromatic carbocycles. The van der Waals surface area contributed by atoms with E-state index in [4.69, 9.17) is 0 Å². The highest BCUT2D eigenvalue weighted by Gasteiger charge is 2.16. The average molecular weight is 283 g/mol. The lowest BCUT2D eigenvalue weighted by atomic mass is 9.81. The standard InChI is InChI=1S/C20H42/c1-6-7-8-9-10-11-12-13-14-15-16-17-20(18(2)3)19(4)5/h18-20H,6-17H2,1-5H3. The highest BCUT2D eigenvalue weighted by Crippen LogP contribution is 2.26. The second-order valence-corrected chi connectivity index (χ2v) is 7.48. The van der Waals surface area contributed by atoms with Crippen LogP contribution < -0.4 is 0 Å². The molecule has 0 radical (unpaired) electrons. The predicted molar refractivity (Wildman–Crippen MR) is 94.2 cm³/mol. The molecule has 0 saturated heterocycles. The summed E-state index contributed by atoms with van der Waals surface area (Å²) in [5.41, 5.74) is 0. The van der Waals surface area contributed by atoms with Crippen molar-refractivity contribution in [1.29, 1.82) is 0 Å². The van der Waals surface area contributed by atoms with Gasteiger partial charge in [0.2, 0.25) is 0 Å². The zero-order chi connectivity index (χ0) is 15.2. The fourth-order valence-corrected chi connectivity index (χ4v) is 3.48. The van der Waals surface area contributed by atoms with Crippen molar-refractivity contribution in [2.75, 3.05) is 0 Å². The number of hydrogen-bond donors (Lipinski definition) is 0. The summed E-state index contributed by atoms with van der Waals surface area (Å²) >= 11 is 0. The number of hydrogen-bond acceptors (Lipinski definition) is 0. The molecule has 0 spiro atoms. The largest absolute Gasteiger partial charge is 0.0654 e. The number of unbranched alkanes of at least 4 members (excludes halogenated alkanes) is 10. The SMILES string of the molecule is CCCCCCCCCCCCCC(C(C)C)C(C)C. The van der Waals surface area contributed by atoms with Gasteiger partial charge < -0.3 is 0 Å². The van der Waals surface area contributed by atoms with Crippen molar-refractivity contribution >= 4 is 0 Å². The van der Waals surface area contributed by atoms with Crippen molar-refractivity contribution in [3.8, 4) is 0 Å². The van der Waals surface area contributed by atoms with Crippen LogP contribution in [0.5, 0.6) is 0 Å². The van der Waals surface area contributed by atoms with Crippen molar-refractivity contribution in [3.63, 3.8) is 0 Å². The van der Waals surface area contributed by atoms with Gasteiger partial charge in [-0.2, -0.15) is 0 Å². The highest BCUT2D eigenvalue weighted by molar-refractivity contribution is 4.66. The second kappa shape index (κ2) is 14.0. The fraction of sp³-hybridized carbons (Fsp3) is 1.00. The first-order valence-electron chi connectivity index (χ1n) is 9.59. The van der Waals surface area contributed by atoms with Crippen LogP contribution in [0.1, 0.15) is 112 Å². The van der Waals surface area contributed by atoms with Gasteiger partial charge in [-0.15, -0.1) is 0 Å². The molecule has 122 valence electrons. The smallest absolute Gasteiger partial charge is 0.0368 e. The van der Waals surface area contributed by atoms with Crippen molar-refractivity contribution in [2.24, 2.45) is 17.8 Å². The summed E-state index contributed by atoms with van der Waals surface area (Å²) in [6, 6.07) is 0. The lowest BCUT2D eigenvalue weighted by molar-refractivity contribution is 0.261. The highest BCUT2D eigenvalue weighted by atomic mass is 14.2. The zero-order valence-corrected chi connectivity index (χ0v) is 15.2. The van der Waals surface area contributed by atoms with Crippen molar-refractivity contribution in [1.82, 2.24) is 0 Å². The molecular formula is C20H42. The van der Waals surface area contributed by atoms with Gasteiger partial charge in [0.25, 0.3) is 0 Å². The van der Waals surface area contributed by atoms with E-state index in [2.05, 4.69) is 34.6 Å². The van der Waals surface area contributed by atoms with Gasteiger partial charge in [-0.25, -0.2) is 0 Å². The van der Waals surface area contributed by atoms with Crippen molar-refractivity contribution in [3.05, 3.63) is 0 Å². The summed E-state index contributed by atoms with van der Waals surface area (Å²) in [6.07, 6.45) is 17.5. The Morgan fingerprint density at radius 1 is 0.500 bits per heavy atom. The summed E-state index contributed by atoms with van der Waals surface area (Å²) in [5.74, 6) is 2.66. The fourth-order valence-electron chi connectivity index (χ4n) is 3.48. The maximum absolute atomic E-state index is 2.39. The van der Waals surface area contributed by atoms with Crippen molar-refractivity contribution in [2.45, 2.75) is 112 Å². The molecule has 0 heteroatoms. The molecule has 0 atom stereocenters. The minimum absolute atomic E-state index is 0.859. The van der Waals surface area contributed by atoms with Gasteiger partial charge in [0.15, 0.2) is 0 Å². The lowest BCUT2D eigenvalue weighted by Gasteiger charge is -2.24. The summed E-state index contributed by atoms with van der Waals surface area (Å²) in [5, 5.41) is 0. The van der Waals surface area contributed by atoms with Crippen LogP contribution in [0.4, 0.5) is 0 Å². The van der Waals surface area contributed by atoms with Crippen LogP contribution in [-0.4, -0.2) is 0 Å². The van der Waals surface area contributed by atoms with Gasteiger partial charge >= 0.3 is 0 Å². The molecule has 0 aliphatic heterocycles. The summed E-state index contributed by atoms with van der Waals surface area (Å²) < 4.78 is 0. The molecular weight excluding hydrogens is 240 g/mol. The van der Waals surface area contributed by atoms with Crippen LogP contribution in [0, 0.1) is 17.8 Å². The molecule has 0 nitrogen and oxygen atoms in total. The lowest BCUT2D eigenvalue weighted by Crippen LogP contribution is -2.15. The van der Waals surface area contributed by atoms with E-state index in [1.54, 1.807) is 0 Å². The Morgan fingerprint density at radius 3 is 1.20 bits per heavy atom. The molecule has 0 aliphatic carbocycles. The predicted octanol–water partition coefficient (Wildman–Crippen LogP) is 7.62. The van der Waals surface area contributed by atoms with Gasteiger partial charge in [-0.3, -0.25) is 0 Å². The van der Waals surface area contributed by atoms with Crippen LogP contribution in [-0.2, 0) is 0 Å². The third kappa shape index (κ3) is 11.8. The molecule has 0 aromatic rings. The van der Waals surface area contributed by atoms with Gasteiger partial charge in [0.05, 0.1) is 0 Å². The molecule has 0 aromatic heterocycles. The minimum Gasteiger partial charge on any atom is -0.0654 e. The van der Waals surface area contributed by atoms with Crippen LogP contribution in [0.25, 0.3) is 0 Å².